The quantitative estimate of drug-likeness (QED) is 0.615. The molecule has 1 aliphatic rings. The van der Waals surface area contributed by atoms with Crippen molar-refractivity contribution in [3.8, 4) is 0 Å². The van der Waals surface area contributed by atoms with Gasteiger partial charge in [0.15, 0.2) is 5.82 Å². The second kappa shape index (κ2) is 8.87. The third-order valence-corrected chi connectivity index (χ3v) is 6.33. The summed E-state index contributed by atoms with van der Waals surface area (Å²) in [6.07, 6.45) is 2.67. The molecule has 30 heavy (non-hydrogen) atoms. The zero-order valence-electron chi connectivity index (χ0n) is 16.9. The van der Waals surface area contributed by atoms with Crippen molar-refractivity contribution in [1.29, 1.82) is 0 Å². The first-order chi connectivity index (χ1) is 14.6. The van der Waals surface area contributed by atoms with Crippen LogP contribution >= 0.6 is 11.8 Å². The Labute approximate surface area is 179 Å². The van der Waals surface area contributed by atoms with Crippen LogP contribution in [-0.4, -0.2) is 26.0 Å². The van der Waals surface area contributed by atoms with Crippen LogP contribution in [0.1, 0.15) is 43.3 Å². The highest BCUT2D eigenvalue weighted by molar-refractivity contribution is 8.00. The maximum absolute atomic E-state index is 14.1. The summed E-state index contributed by atoms with van der Waals surface area (Å²) < 4.78 is 16.0. The molecule has 156 valence electrons. The molecule has 8 heteroatoms. The van der Waals surface area contributed by atoms with Crippen LogP contribution in [0.5, 0.6) is 0 Å². The van der Waals surface area contributed by atoms with E-state index in [9.17, 15) is 9.18 Å². The summed E-state index contributed by atoms with van der Waals surface area (Å²) in [4.78, 5) is 13.2. The molecule has 4 rings (SSSR count). The summed E-state index contributed by atoms with van der Waals surface area (Å²) in [5, 5.41) is 11.3. The lowest BCUT2D eigenvalue weighted by atomic mass is 10.0. The first kappa shape index (κ1) is 20.4. The number of thioether (sulfide) groups is 1. The highest BCUT2D eigenvalue weighted by Crippen LogP contribution is 2.38. The molecule has 0 unspecified atom stereocenters. The molecule has 0 saturated heterocycles. The lowest BCUT2D eigenvalue weighted by Gasteiger charge is -2.33. The van der Waals surface area contributed by atoms with Gasteiger partial charge < -0.3 is 10.7 Å². The molecule has 1 amide bonds. The van der Waals surface area contributed by atoms with Gasteiger partial charge >= 0.3 is 0 Å². The second-order valence-corrected chi connectivity index (χ2v) is 8.30. The van der Waals surface area contributed by atoms with Crippen LogP contribution in [0.25, 0.3) is 0 Å². The van der Waals surface area contributed by atoms with E-state index in [1.165, 1.54) is 23.4 Å². The molecule has 0 spiro atoms. The number of hydrogen-bond acceptors (Lipinski definition) is 5. The van der Waals surface area contributed by atoms with Gasteiger partial charge in [-0.05, 0) is 36.1 Å². The Morgan fingerprint density at radius 2 is 1.93 bits per heavy atom. The summed E-state index contributed by atoms with van der Waals surface area (Å²) >= 11 is 1.34. The number of carbonyl (C=O) groups is 1. The first-order valence-electron chi connectivity index (χ1n) is 10.1. The molecule has 0 aliphatic carbocycles. The Bertz CT molecular complexity index is 1040. The predicted molar refractivity (Wildman–Crippen MR) is 117 cm³/mol. The third kappa shape index (κ3) is 4.05. The van der Waals surface area contributed by atoms with E-state index in [0.717, 1.165) is 30.7 Å². The Hall–Kier alpha value is -2.87. The maximum atomic E-state index is 14.1. The van der Waals surface area contributed by atoms with Gasteiger partial charge in [0.1, 0.15) is 11.1 Å². The molecule has 0 bridgehead atoms. The van der Waals surface area contributed by atoms with Gasteiger partial charge in [0, 0.05) is 6.42 Å². The van der Waals surface area contributed by atoms with Crippen LogP contribution in [0.4, 0.5) is 10.1 Å². The topological polar surface area (TPSA) is 71.8 Å². The molecule has 1 aliphatic heterocycles. The normalized spacial score (nSPS) is 17.8. The highest BCUT2D eigenvalue weighted by Gasteiger charge is 2.38. The average molecular weight is 426 g/mol. The number of amides is 1. The number of benzene rings is 2. The van der Waals surface area contributed by atoms with E-state index in [0.29, 0.717) is 5.16 Å². The minimum atomic E-state index is -0.539. The summed E-state index contributed by atoms with van der Waals surface area (Å²) in [5.41, 5.74) is 5.81. The van der Waals surface area contributed by atoms with E-state index in [-0.39, 0.29) is 17.6 Å². The number of fused-ring (bicyclic) bond motifs is 1. The van der Waals surface area contributed by atoms with Gasteiger partial charge in [-0.25, -0.2) is 9.07 Å². The molecule has 0 radical (unpaired) electrons. The van der Waals surface area contributed by atoms with E-state index in [4.69, 9.17) is 0 Å². The maximum Gasteiger partial charge on any atom is 0.240 e. The monoisotopic (exact) mass is 425 g/mol. The van der Waals surface area contributed by atoms with Gasteiger partial charge in [-0.1, -0.05) is 62.0 Å². The molecule has 6 nitrogen and oxygen atoms in total. The first-order valence-corrected chi connectivity index (χ1v) is 11.0. The molecule has 2 atom stereocenters. The van der Waals surface area contributed by atoms with Crippen molar-refractivity contribution in [2.75, 3.05) is 10.7 Å². The van der Waals surface area contributed by atoms with E-state index >= 15 is 0 Å². The van der Waals surface area contributed by atoms with Crippen LogP contribution in [0.3, 0.4) is 0 Å². The van der Waals surface area contributed by atoms with Gasteiger partial charge in [-0.15, -0.1) is 10.2 Å². The second-order valence-electron chi connectivity index (χ2n) is 7.19. The SMILES string of the molecule is CCCc1nnc2n1N[C@@H](c1ccc(CC)cc1)[C@@H](C(=O)Nc1ccccc1F)S2. The van der Waals surface area contributed by atoms with Crippen molar-refractivity contribution < 1.29 is 9.18 Å². The van der Waals surface area contributed by atoms with Crippen LogP contribution < -0.4 is 10.7 Å². The summed E-state index contributed by atoms with van der Waals surface area (Å²) in [5.74, 6) is 0.0912. The molecule has 0 saturated carbocycles. The van der Waals surface area contributed by atoms with Crippen LogP contribution in [-0.2, 0) is 17.6 Å². The Morgan fingerprint density at radius 3 is 2.63 bits per heavy atom. The fourth-order valence-corrected chi connectivity index (χ4v) is 4.56. The number of hydrogen-bond donors (Lipinski definition) is 2. The van der Waals surface area contributed by atoms with Gasteiger partial charge in [-0.3, -0.25) is 4.79 Å². The number of aromatic nitrogens is 3. The smallest absolute Gasteiger partial charge is 0.240 e. The van der Waals surface area contributed by atoms with E-state index in [1.807, 2.05) is 16.8 Å². The van der Waals surface area contributed by atoms with Gasteiger partial charge in [-0.2, -0.15) is 0 Å². The molecule has 2 N–H and O–H groups in total. The number of nitrogens with zero attached hydrogens (tertiary/aromatic N) is 3. The van der Waals surface area contributed by atoms with E-state index in [2.05, 4.69) is 46.9 Å². The third-order valence-electron chi connectivity index (χ3n) is 5.11. The molecule has 2 aromatic carbocycles. The minimum absolute atomic E-state index is 0.168. The number of nitrogens with one attached hydrogen (secondary N) is 2. The molecule has 0 fully saturated rings. The lowest BCUT2D eigenvalue weighted by molar-refractivity contribution is -0.116. The number of halogens is 1. The van der Waals surface area contributed by atoms with Crippen molar-refractivity contribution in [1.82, 2.24) is 14.9 Å². The van der Waals surface area contributed by atoms with E-state index < -0.39 is 11.1 Å². The molecule has 1 aromatic heterocycles. The minimum Gasteiger partial charge on any atom is -0.323 e. The zero-order chi connectivity index (χ0) is 21.1. The van der Waals surface area contributed by atoms with Crippen LogP contribution in [0.15, 0.2) is 53.7 Å². The Kier molecular flexibility index (Phi) is 6.03. The highest BCUT2D eigenvalue weighted by atomic mass is 32.2. The average Bonchev–Trinajstić information content (AvgIpc) is 3.16. The summed E-state index contributed by atoms with van der Waals surface area (Å²) in [6.45, 7) is 4.19. The fraction of sp³-hybridized carbons (Fsp3) is 0.318. The number of aryl methyl sites for hydroxylation is 2. The van der Waals surface area contributed by atoms with Crippen molar-refractivity contribution >= 4 is 23.4 Å². The summed E-state index contributed by atoms with van der Waals surface area (Å²) in [6, 6.07) is 14.1. The zero-order valence-corrected chi connectivity index (χ0v) is 17.7. The van der Waals surface area contributed by atoms with Crippen molar-refractivity contribution in [2.24, 2.45) is 0 Å². The molecule has 3 aromatic rings. The van der Waals surface area contributed by atoms with Crippen molar-refractivity contribution in [3.63, 3.8) is 0 Å². The standard InChI is InChI=1S/C22H24FN5OS/c1-3-7-18-25-26-22-28(18)27-19(15-12-10-14(4-2)11-13-15)20(30-22)21(29)24-17-9-6-5-8-16(17)23/h5-6,8-13,19-20,27H,3-4,7H2,1-2H3,(H,24,29)/t19-,20-/m0/s1. The number of para-hydroxylation sites is 1. The summed E-state index contributed by atoms with van der Waals surface area (Å²) in [7, 11) is 0. The lowest BCUT2D eigenvalue weighted by Crippen LogP contribution is -2.41. The molecular formula is C22H24FN5OS. The molecular weight excluding hydrogens is 401 g/mol. The fourth-order valence-electron chi connectivity index (χ4n) is 3.46. The number of rotatable bonds is 6. The van der Waals surface area contributed by atoms with Crippen LogP contribution in [0.2, 0.25) is 0 Å². The van der Waals surface area contributed by atoms with Crippen molar-refractivity contribution in [2.45, 2.75) is 49.6 Å². The van der Waals surface area contributed by atoms with Gasteiger partial charge in [0.25, 0.3) is 0 Å². The van der Waals surface area contributed by atoms with Gasteiger partial charge in [0.2, 0.25) is 11.1 Å². The number of anilines is 1. The van der Waals surface area contributed by atoms with Gasteiger partial charge in [0.05, 0.1) is 11.7 Å². The molecule has 2 heterocycles. The van der Waals surface area contributed by atoms with Crippen molar-refractivity contribution in [3.05, 3.63) is 71.3 Å². The number of carbonyl (C=O) groups excluding carboxylic acids is 1. The van der Waals surface area contributed by atoms with Crippen LogP contribution in [0, 0.1) is 5.82 Å². The largest absolute Gasteiger partial charge is 0.323 e. The Morgan fingerprint density at radius 1 is 1.17 bits per heavy atom. The van der Waals surface area contributed by atoms with E-state index in [1.54, 1.807) is 18.2 Å². The predicted octanol–water partition coefficient (Wildman–Crippen LogP) is 4.33. The Balaban J connectivity index is 1.67.